The molecular formula is C21H23FN2O2. The zero-order valence-electron chi connectivity index (χ0n) is 14.7. The van der Waals surface area contributed by atoms with Gasteiger partial charge < -0.3 is 10.2 Å². The van der Waals surface area contributed by atoms with Crippen LogP contribution in [0.5, 0.6) is 0 Å². The van der Waals surface area contributed by atoms with Gasteiger partial charge in [-0.15, -0.1) is 0 Å². The first-order chi connectivity index (χ1) is 12.6. The van der Waals surface area contributed by atoms with Crippen molar-refractivity contribution < 1.29 is 14.0 Å². The van der Waals surface area contributed by atoms with E-state index in [1.165, 1.54) is 17.7 Å². The number of nitrogens with zero attached hydrogens (tertiary/aromatic N) is 1. The Balaban J connectivity index is 1.41. The lowest BCUT2D eigenvalue weighted by molar-refractivity contribution is -0.126. The summed E-state index contributed by atoms with van der Waals surface area (Å²) in [7, 11) is 0. The first-order valence-electron chi connectivity index (χ1n) is 9.01. The molecule has 2 aromatic rings. The fraction of sp³-hybridized carbons (Fsp3) is 0.333. The van der Waals surface area contributed by atoms with Crippen LogP contribution in [-0.2, 0) is 16.0 Å². The van der Waals surface area contributed by atoms with Crippen LogP contribution in [0.15, 0.2) is 54.6 Å². The van der Waals surface area contributed by atoms with Crippen LogP contribution in [0.2, 0.25) is 0 Å². The molecule has 1 aliphatic rings. The summed E-state index contributed by atoms with van der Waals surface area (Å²) in [6.07, 6.45) is 3.11. The van der Waals surface area contributed by atoms with E-state index in [2.05, 4.69) is 17.4 Å². The lowest BCUT2D eigenvalue weighted by Gasteiger charge is -2.16. The normalized spacial score (nSPS) is 16.7. The van der Waals surface area contributed by atoms with E-state index in [4.69, 9.17) is 0 Å². The average molecular weight is 354 g/mol. The Morgan fingerprint density at radius 3 is 2.54 bits per heavy atom. The van der Waals surface area contributed by atoms with E-state index >= 15 is 0 Å². The van der Waals surface area contributed by atoms with Crippen LogP contribution in [0.25, 0.3) is 0 Å². The van der Waals surface area contributed by atoms with Gasteiger partial charge in [-0.2, -0.15) is 0 Å². The van der Waals surface area contributed by atoms with E-state index in [1.807, 2.05) is 18.2 Å². The lowest BCUT2D eigenvalue weighted by Crippen LogP contribution is -2.33. The number of carbonyl (C=O) groups is 2. The number of nitrogens with one attached hydrogen (secondary N) is 1. The molecular weight excluding hydrogens is 331 g/mol. The van der Waals surface area contributed by atoms with Gasteiger partial charge in [-0.25, -0.2) is 4.39 Å². The molecule has 0 aromatic heterocycles. The predicted molar refractivity (Wildman–Crippen MR) is 99.2 cm³/mol. The molecule has 1 N–H and O–H groups in total. The van der Waals surface area contributed by atoms with Crippen molar-refractivity contribution in [2.45, 2.75) is 25.7 Å². The Labute approximate surface area is 153 Å². The van der Waals surface area contributed by atoms with E-state index in [9.17, 15) is 14.0 Å². The number of hydrogen-bond acceptors (Lipinski definition) is 2. The Morgan fingerprint density at radius 1 is 1.08 bits per heavy atom. The summed E-state index contributed by atoms with van der Waals surface area (Å²) in [5.41, 5.74) is 1.93. The Kier molecular flexibility index (Phi) is 6.00. The summed E-state index contributed by atoms with van der Waals surface area (Å²) >= 11 is 0. The second-order valence-corrected chi connectivity index (χ2v) is 6.62. The van der Waals surface area contributed by atoms with Gasteiger partial charge >= 0.3 is 0 Å². The highest BCUT2D eigenvalue weighted by Gasteiger charge is 2.34. The van der Waals surface area contributed by atoms with Gasteiger partial charge in [0.15, 0.2) is 0 Å². The number of carbonyl (C=O) groups excluding carboxylic acids is 2. The highest BCUT2D eigenvalue weighted by molar-refractivity contribution is 6.00. The topological polar surface area (TPSA) is 49.4 Å². The standard InChI is InChI=1S/C21H23FN2O2/c22-18-9-11-19(12-10-18)24-15-17(14-20(24)25)21(26)23-13-5-4-8-16-6-2-1-3-7-16/h1-3,6-7,9-12,17H,4-5,8,13-15H2,(H,23,26)/t17-/m0/s1. The van der Waals surface area contributed by atoms with Crippen molar-refractivity contribution in [1.29, 1.82) is 0 Å². The molecule has 0 aliphatic carbocycles. The molecule has 136 valence electrons. The summed E-state index contributed by atoms with van der Waals surface area (Å²) in [5.74, 6) is -0.865. The summed E-state index contributed by atoms with van der Waals surface area (Å²) < 4.78 is 13.0. The maximum absolute atomic E-state index is 13.0. The van der Waals surface area contributed by atoms with Crippen molar-refractivity contribution in [3.8, 4) is 0 Å². The van der Waals surface area contributed by atoms with Crippen molar-refractivity contribution in [3.05, 3.63) is 66.0 Å². The molecule has 0 unspecified atom stereocenters. The molecule has 0 radical (unpaired) electrons. The van der Waals surface area contributed by atoms with Crippen molar-refractivity contribution in [3.63, 3.8) is 0 Å². The Morgan fingerprint density at radius 2 is 1.81 bits per heavy atom. The summed E-state index contributed by atoms with van der Waals surface area (Å²) in [4.78, 5) is 26.0. The largest absolute Gasteiger partial charge is 0.356 e. The fourth-order valence-electron chi connectivity index (χ4n) is 3.21. The van der Waals surface area contributed by atoms with Crippen LogP contribution in [0.3, 0.4) is 0 Å². The van der Waals surface area contributed by atoms with Crippen molar-refractivity contribution in [2.75, 3.05) is 18.0 Å². The molecule has 2 aromatic carbocycles. The second-order valence-electron chi connectivity index (χ2n) is 6.62. The zero-order valence-corrected chi connectivity index (χ0v) is 14.7. The zero-order chi connectivity index (χ0) is 18.4. The highest BCUT2D eigenvalue weighted by Crippen LogP contribution is 2.25. The maximum atomic E-state index is 13.0. The molecule has 0 bridgehead atoms. The minimum absolute atomic E-state index is 0.0809. The number of hydrogen-bond donors (Lipinski definition) is 1. The minimum Gasteiger partial charge on any atom is -0.356 e. The van der Waals surface area contributed by atoms with Gasteiger partial charge in [0, 0.05) is 25.2 Å². The number of rotatable bonds is 7. The van der Waals surface area contributed by atoms with E-state index in [0.717, 1.165) is 19.3 Å². The van der Waals surface area contributed by atoms with Crippen LogP contribution in [0.4, 0.5) is 10.1 Å². The number of halogens is 1. The van der Waals surface area contributed by atoms with Crippen LogP contribution in [-0.4, -0.2) is 24.9 Å². The monoisotopic (exact) mass is 354 g/mol. The van der Waals surface area contributed by atoms with Gasteiger partial charge in [-0.3, -0.25) is 9.59 Å². The molecule has 1 atom stereocenters. The average Bonchev–Trinajstić information content (AvgIpc) is 3.05. The SMILES string of the molecule is O=C(NCCCCc1ccccc1)[C@H]1CC(=O)N(c2ccc(F)cc2)C1. The molecule has 1 saturated heterocycles. The fourth-order valence-corrected chi connectivity index (χ4v) is 3.21. The predicted octanol–water partition coefficient (Wildman–Crippen LogP) is 3.32. The number of amides is 2. The first-order valence-corrected chi connectivity index (χ1v) is 9.01. The van der Waals surface area contributed by atoms with Crippen LogP contribution >= 0.6 is 0 Å². The number of anilines is 1. The third-order valence-corrected chi connectivity index (χ3v) is 4.67. The number of aryl methyl sites for hydroxylation is 1. The molecule has 4 nitrogen and oxygen atoms in total. The van der Waals surface area contributed by atoms with Crippen molar-refractivity contribution in [1.82, 2.24) is 5.32 Å². The lowest BCUT2D eigenvalue weighted by atomic mass is 10.1. The number of unbranched alkanes of at least 4 members (excludes halogenated alkanes) is 1. The van der Waals surface area contributed by atoms with E-state index in [-0.39, 0.29) is 30.0 Å². The Hall–Kier alpha value is -2.69. The molecule has 3 rings (SSSR count). The summed E-state index contributed by atoms with van der Waals surface area (Å²) in [6.45, 7) is 0.965. The highest BCUT2D eigenvalue weighted by atomic mass is 19.1. The minimum atomic E-state index is -0.346. The molecule has 0 spiro atoms. The van der Waals surface area contributed by atoms with Crippen LogP contribution < -0.4 is 10.2 Å². The second kappa shape index (κ2) is 8.61. The van der Waals surface area contributed by atoms with Gasteiger partial charge in [-0.05, 0) is 49.1 Å². The molecule has 0 saturated carbocycles. The molecule has 5 heteroatoms. The molecule has 26 heavy (non-hydrogen) atoms. The quantitative estimate of drug-likeness (QED) is 0.776. The van der Waals surface area contributed by atoms with E-state index in [1.54, 1.807) is 17.0 Å². The molecule has 1 heterocycles. The van der Waals surface area contributed by atoms with Gasteiger partial charge in [0.2, 0.25) is 11.8 Å². The third kappa shape index (κ3) is 4.69. The molecule has 1 aliphatic heterocycles. The molecule has 1 fully saturated rings. The van der Waals surface area contributed by atoms with Crippen LogP contribution in [0.1, 0.15) is 24.8 Å². The van der Waals surface area contributed by atoms with Gasteiger partial charge in [0.1, 0.15) is 5.82 Å². The summed E-state index contributed by atoms with van der Waals surface area (Å²) in [6, 6.07) is 16.0. The van der Waals surface area contributed by atoms with E-state index < -0.39 is 0 Å². The van der Waals surface area contributed by atoms with E-state index in [0.29, 0.717) is 18.8 Å². The van der Waals surface area contributed by atoms with Gasteiger partial charge in [0.25, 0.3) is 0 Å². The Bertz CT molecular complexity index is 746. The van der Waals surface area contributed by atoms with Crippen LogP contribution in [0, 0.1) is 11.7 Å². The van der Waals surface area contributed by atoms with Crippen molar-refractivity contribution in [2.24, 2.45) is 5.92 Å². The number of benzene rings is 2. The molecule has 2 amide bonds. The summed E-state index contributed by atoms with van der Waals surface area (Å²) in [5, 5.41) is 2.93. The van der Waals surface area contributed by atoms with Crippen molar-refractivity contribution >= 4 is 17.5 Å². The maximum Gasteiger partial charge on any atom is 0.227 e. The smallest absolute Gasteiger partial charge is 0.227 e. The third-order valence-electron chi connectivity index (χ3n) is 4.67. The van der Waals surface area contributed by atoms with Gasteiger partial charge in [-0.1, -0.05) is 30.3 Å². The first kappa shape index (κ1) is 18.1. The van der Waals surface area contributed by atoms with Gasteiger partial charge in [0.05, 0.1) is 5.92 Å².